The first-order valence-corrected chi connectivity index (χ1v) is 7.53. The quantitative estimate of drug-likeness (QED) is 0.925. The highest BCUT2D eigenvalue weighted by Gasteiger charge is 2.14. The average Bonchev–Trinajstić information content (AvgIpc) is 2.17. The summed E-state index contributed by atoms with van der Waals surface area (Å²) in [4.78, 5) is 0. The Morgan fingerprint density at radius 3 is 2.69 bits per heavy atom. The summed E-state index contributed by atoms with van der Waals surface area (Å²) in [5, 5.41) is 0. The van der Waals surface area contributed by atoms with E-state index in [1.807, 2.05) is 0 Å². The predicted molar refractivity (Wildman–Crippen MR) is 65.4 cm³/mol. The van der Waals surface area contributed by atoms with E-state index in [0.29, 0.717) is 5.56 Å². The van der Waals surface area contributed by atoms with Crippen LogP contribution in [0.25, 0.3) is 0 Å². The van der Waals surface area contributed by atoms with E-state index in [4.69, 9.17) is 5.73 Å². The zero-order valence-electron chi connectivity index (χ0n) is 8.78. The molecule has 0 aliphatic rings. The van der Waals surface area contributed by atoms with Crippen molar-refractivity contribution in [3.05, 3.63) is 34.1 Å². The van der Waals surface area contributed by atoms with Gasteiger partial charge in [-0.05, 0) is 24.6 Å². The molecule has 0 spiro atoms. The third-order valence-electron chi connectivity index (χ3n) is 2.16. The summed E-state index contributed by atoms with van der Waals surface area (Å²) in [6, 6.07) is 3.84. The Balaban J connectivity index is 2.80. The van der Waals surface area contributed by atoms with E-state index >= 15 is 0 Å². The van der Waals surface area contributed by atoms with Crippen molar-refractivity contribution < 1.29 is 12.8 Å². The molecule has 1 aromatic rings. The highest BCUT2D eigenvalue weighted by molar-refractivity contribution is 9.10. The number of benzene rings is 1. The number of halogens is 2. The molecule has 0 radical (unpaired) electrons. The van der Waals surface area contributed by atoms with Crippen LogP contribution >= 0.6 is 15.9 Å². The Labute approximate surface area is 103 Å². The van der Waals surface area contributed by atoms with Gasteiger partial charge in [0.2, 0.25) is 0 Å². The van der Waals surface area contributed by atoms with Crippen LogP contribution < -0.4 is 5.73 Å². The van der Waals surface area contributed by atoms with Gasteiger partial charge in [0.1, 0.15) is 15.7 Å². The molecule has 1 rings (SSSR count). The first kappa shape index (κ1) is 13.6. The van der Waals surface area contributed by atoms with Gasteiger partial charge >= 0.3 is 0 Å². The van der Waals surface area contributed by atoms with Crippen molar-refractivity contribution in [2.75, 3.05) is 12.0 Å². The molecule has 0 heterocycles. The van der Waals surface area contributed by atoms with Gasteiger partial charge in [-0.1, -0.05) is 15.9 Å². The lowest BCUT2D eigenvalue weighted by molar-refractivity contribution is 0.565. The highest BCUT2D eigenvalue weighted by atomic mass is 79.9. The molecular weight excluding hydrogens is 297 g/mol. The monoisotopic (exact) mass is 309 g/mol. The van der Waals surface area contributed by atoms with Crippen LogP contribution in [-0.2, 0) is 9.84 Å². The maximum atomic E-state index is 13.4. The van der Waals surface area contributed by atoms with Gasteiger partial charge in [-0.25, -0.2) is 12.8 Å². The van der Waals surface area contributed by atoms with Crippen molar-refractivity contribution in [2.45, 2.75) is 12.5 Å². The minimum Gasteiger partial charge on any atom is -0.324 e. The van der Waals surface area contributed by atoms with E-state index in [-0.39, 0.29) is 12.2 Å². The number of hydrogen-bond donors (Lipinski definition) is 1. The molecule has 0 aliphatic heterocycles. The van der Waals surface area contributed by atoms with Gasteiger partial charge < -0.3 is 5.73 Å². The molecule has 0 amide bonds. The van der Waals surface area contributed by atoms with Crippen molar-refractivity contribution in [3.8, 4) is 0 Å². The lowest BCUT2D eigenvalue weighted by atomic mass is 10.1. The fourth-order valence-electron chi connectivity index (χ4n) is 1.30. The first-order chi connectivity index (χ1) is 7.29. The second kappa shape index (κ2) is 5.25. The van der Waals surface area contributed by atoms with E-state index in [9.17, 15) is 12.8 Å². The molecule has 90 valence electrons. The third-order valence-corrected chi connectivity index (χ3v) is 3.63. The van der Waals surface area contributed by atoms with Gasteiger partial charge in [-0.15, -0.1) is 0 Å². The molecule has 16 heavy (non-hydrogen) atoms. The molecule has 0 aliphatic carbocycles. The summed E-state index contributed by atoms with van der Waals surface area (Å²) >= 11 is 3.21. The van der Waals surface area contributed by atoms with Gasteiger partial charge in [-0.3, -0.25) is 0 Å². The van der Waals surface area contributed by atoms with Gasteiger partial charge in [-0.2, -0.15) is 0 Å². The Morgan fingerprint density at radius 1 is 1.50 bits per heavy atom. The van der Waals surface area contributed by atoms with Crippen molar-refractivity contribution in [2.24, 2.45) is 5.73 Å². The number of rotatable bonds is 4. The molecule has 0 aromatic heterocycles. The van der Waals surface area contributed by atoms with Crippen LogP contribution in [0.15, 0.2) is 22.7 Å². The van der Waals surface area contributed by atoms with E-state index in [1.54, 1.807) is 12.1 Å². The number of nitrogens with two attached hydrogens (primary N) is 1. The molecule has 1 atom stereocenters. The summed E-state index contributed by atoms with van der Waals surface area (Å²) in [5.41, 5.74) is 6.08. The highest BCUT2D eigenvalue weighted by Crippen LogP contribution is 2.22. The maximum Gasteiger partial charge on any atom is 0.147 e. The Morgan fingerprint density at radius 2 is 2.12 bits per heavy atom. The SMILES string of the molecule is CS(=O)(=O)CCC(N)c1cc(Br)ccc1F. The number of hydrogen-bond acceptors (Lipinski definition) is 3. The molecular formula is C10H13BrFNO2S. The van der Waals surface area contributed by atoms with Crippen LogP contribution in [0.4, 0.5) is 4.39 Å². The van der Waals surface area contributed by atoms with Gasteiger partial charge in [0.25, 0.3) is 0 Å². The normalized spacial score (nSPS) is 13.8. The molecule has 6 heteroatoms. The van der Waals surface area contributed by atoms with Gasteiger partial charge in [0, 0.05) is 22.3 Å². The zero-order chi connectivity index (χ0) is 12.3. The Bertz CT molecular complexity index is 476. The summed E-state index contributed by atoms with van der Waals surface area (Å²) in [5.74, 6) is -0.454. The zero-order valence-corrected chi connectivity index (χ0v) is 11.2. The molecule has 1 unspecified atom stereocenters. The molecule has 0 fully saturated rings. The lowest BCUT2D eigenvalue weighted by Gasteiger charge is -2.12. The minimum atomic E-state index is -3.06. The van der Waals surface area contributed by atoms with Crippen LogP contribution in [0.1, 0.15) is 18.0 Å². The fourth-order valence-corrected chi connectivity index (χ4v) is 2.36. The second-order valence-electron chi connectivity index (χ2n) is 3.69. The topological polar surface area (TPSA) is 60.2 Å². The summed E-state index contributed by atoms with van der Waals surface area (Å²) in [6.07, 6.45) is 1.35. The van der Waals surface area contributed by atoms with E-state index in [0.717, 1.165) is 10.7 Å². The van der Waals surface area contributed by atoms with Crippen LogP contribution in [0.2, 0.25) is 0 Å². The second-order valence-corrected chi connectivity index (χ2v) is 6.87. The minimum absolute atomic E-state index is 0.0415. The van der Waals surface area contributed by atoms with Crippen LogP contribution in [0.3, 0.4) is 0 Å². The van der Waals surface area contributed by atoms with Gasteiger partial charge in [0.05, 0.1) is 5.75 Å². The summed E-state index contributed by atoms with van der Waals surface area (Å²) in [7, 11) is -3.06. The Kier molecular flexibility index (Phi) is 4.46. The first-order valence-electron chi connectivity index (χ1n) is 4.68. The van der Waals surface area contributed by atoms with Crippen LogP contribution in [0, 0.1) is 5.82 Å². The standard InChI is InChI=1S/C10H13BrFNO2S/c1-16(14,15)5-4-10(13)8-6-7(11)2-3-9(8)12/h2-3,6,10H,4-5,13H2,1H3. The number of sulfone groups is 1. The summed E-state index contributed by atoms with van der Waals surface area (Å²) in [6.45, 7) is 0. The van der Waals surface area contributed by atoms with Crippen molar-refractivity contribution in [3.63, 3.8) is 0 Å². The van der Waals surface area contributed by atoms with E-state index in [1.165, 1.54) is 6.07 Å². The van der Waals surface area contributed by atoms with Crippen molar-refractivity contribution in [1.29, 1.82) is 0 Å². The van der Waals surface area contributed by atoms with Crippen molar-refractivity contribution >= 4 is 25.8 Å². The third kappa shape index (κ3) is 4.19. The lowest BCUT2D eigenvalue weighted by Crippen LogP contribution is -2.16. The van der Waals surface area contributed by atoms with E-state index in [2.05, 4.69) is 15.9 Å². The predicted octanol–water partition coefficient (Wildman–Crippen LogP) is 2.02. The maximum absolute atomic E-state index is 13.4. The van der Waals surface area contributed by atoms with Crippen molar-refractivity contribution in [1.82, 2.24) is 0 Å². The largest absolute Gasteiger partial charge is 0.324 e. The average molecular weight is 310 g/mol. The Hall–Kier alpha value is -0.460. The van der Waals surface area contributed by atoms with Crippen LogP contribution in [0.5, 0.6) is 0 Å². The van der Waals surface area contributed by atoms with Gasteiger partial charge in [0.15, 0.2) is 0 Å². The summed E-state index contributed by atoms with van der Waals surface area (Å²) < 4.78 is 36.0. The van der Waals surface area contributed by atoms with Crippen LogP contribution in [-0.4, -0.2) is 20.4 Å². The molecule has 3 nitrogen and oxygen atoms in total. The fraction of sp³-hybridized carbons (Fsp3) is 0.400. The molecule has 0 saturated heterocycles. The molecule has 2 N–H and O–H groups in total. The molecule has 0 bridgehead atoms. The molecule has 0 saturated carbocycles. The molecule has 1 aromatic carbocycles. The van der Waals surface area contributed by atoms with E-state index < -0.39 is 21.7 Å². The smallest absolute Gasteiger partial charge is 0.147 e.